The first-order valence-corrected chi connectivity index (χ1v) is 3.77. The van der Waals surface area contributed by atoms with Gasteiger partial charge in [-0.15, -0.1) is 0 Å². The van der Waals surface area contributed by atoms with Gasteiger partial charge in [0.05, 0.1) is 0 Å². The quantitative estimate of drug-likeness (QED) is 0.648. The molecule has 0 N–H and O–H groups in total. The molecule has 72 valence electrons. The number of hydrogen-bond donors (Lipinski definition) is 0. The van der Waals surface area contributed by atoms with E-state index in [0.29, 0.717) is 5.69 Å². The number of aromatic nitrogens is 1. The Balaban J connectivity index is 3.08. The van der Waals surface area contributed by atoms with Crippen LogP contribution in [-0.4, -0.2) is 11.5 Å². The Morgan fingerprint density at radius 1 is 1.38 bits per heavy atom. The van der Waals surface area contributed by atoms with E-state index in [4.69, 9.17) is 0 Å². The minimum Gasteiger partial charge on any atom is -0.448 e. The van der Waals surface area contributed by atoms with Crippen molar-refractivity contribution in [2.45, 2.75) is 13.4 Å². The first-order chi connectivity index (χ1) is 5.90. The van der Waals surface area contributed by atoms with Crippen molar-refractivity contribution in [3.63, 3.8) is 0 Å². The van der Waals surface area contributed by atoms with Crippen LogP contribution in [0.5, 0.6) is 0 Å². The number of nitrogens with zero attached hydrogens (tertiary/aromatic N) is 1. The maximum Gasteiger partial charge on any atom is 0.497 e. The van der Waals surface area contributed by atoms with Gasteiger partial charge in [0.1, 0.15) is 0 Å². The van der Waals surface area contributed by atoms with Gasteiger partial charge in [-0.05, 0) is 19.4 Å². The molecule has 0 saturated carbocycles. The molecule has 0 spiro atoms. The summed E-state index contributed by atoms with van der Waals surface area (Å²) in [4.78, 5) is 11.0. The molecule has 6 heteroatoms. The number of pyridine rings is 1. The van der Waals surface area contributed by atoms with Crippen LogP contribution in [0.1, 0.15) is 5.69 Å². The fourth-order valence-corrected chi connectivity index (χ4v) is 1.06. The largest absolute Gasteiger partial charge is 0.497 e. The summed E-state index contributed by atoms with van der Waals surface area (Å²) in [5, 5.41) is 0. The van der Waals surface area contributed by atoms with Crippen molar-refractivity contribution in [1.82, 2.24) is 4.57 Å². The van der Waals surface area contributed by atoms with E-state index in [0.717, 1.165) is 10.6 Å². The first-order valence-electron chi connectivity index (χ1n) is 3.77. The second-order valence-corrected chi connectivity index (χ2v) is 2.83. The molecule has 1 aromatic heterocycles. The average molecular weight is 190 g/mol. The molecule has 1 heterocycles. The lowest BCUT2D eigenvalue weighted by molar-refractivity contribution is 0.441. The lowest BCUT2D eigenvalue weighted by Crippen LogP contribution is -2.32. The highest BCUT2D eigenvalue weighted by molar-refractivity contribution is 6.57. The van der Waals surface area contributed by atoms with Gasteiger partial charge in [0.25, 0.3) is 0 Å². The van der Waals surface area contributed by atoms with E-state index in [2.05, 4.69) is 0 Å². The van der Waals surface area contributed by atoms with Crippen LogP contribution in [0, 0.1) is 6.92 Å². The van der Waals surface area contributed by atoms with E-state index in [9.17, 15) is 17.7 Å². The van der Waals surface area contributed by atoms with Gasteiger partial charge < -0.3 is 17.5 Å². The van der Waals surface area contributed by atoms with Gasteiger partial charge in [-0.1, -0.05) is 6.07 Å². The van der Waals surface area contributed by atoms with Gasteiger partial charge in [-0.2, -0.15) is 0 Å². The van der Waals surface area contributed by atoms with Crippen molar-refractivity contribution in [2.75, 3.05) is 0 Å². The summed E-state index contributed by atoms with van der Waals surface area (Å²) in [7, 11) is 0. The Labute approximate surface area is 73.1 Å². The van der Waals surface area contributed by atoms with Crippen molar-refractivity contribution < 1.29 is 12.9 Å². The second kappa shape index (κ2) is 3.28. The summed E-state index contributed by atoms with van der Waals surface area (Å²) in [6.45, 7) is -3.48. The predicted octanol–water partition coefficient (Wildman–Crippen LogP) is 1.54. The zero-order chi connectivity index (χ0) is 10.1. The Kier molecular flexibility index (Phi) is 2.49. The molecule has 0 atom stereocenters. The van der Waals surface area contributed by atoms with Crippen LogP contribution in [-0.2, 0) is 6.44 Å². The first kappa shape index (κ1) is 9.89. The van der Waals surface area contributed by atoms with Crippen LogP contribution in [0.15, 0.2) is 23.0 Å². The lowest BCUT2D eigenvalue weighted by Gasteiger charge is -2.17. The zero-order valence-corrected chi connectivity index (χ0v) is 7.01. The van der Waals surface area contributed by atoms with Gasteiger partial charge in [-0.25, -0.2) is 0 Å². The van der Waals surface area contributed by atoms with Crippen molar-refractivity contribution in [2.24, 2.45) is 0 Å². The molecular weight excluding hydrogens is 182 g/mol. The van der Waals surface area contributed by atoms with E-state index in [1.54, 1.807) is 0 Å². The summed E-state index contributed by atoms with van der Waals surface area (Å²) < 4.78 is 36.7. The summed E-state index contributed by atoms with van der Waals surface area (Å²) in [5.41, 5.74) is -0.286. The Morgan fingerprint density at radius 2 is 2.00 bits per heavy atom. The molecule has 1 aromatic rings. The van der Waals surface area contributed by atoms with E-state index < -0.39 is 19.0 Å². The molecule has 0 bridgehead atoms. The predicted molar refractivity (Wildman–Crippen MR) is 44.5 cm³/mol. The maximum atomic E-state index is 12.0. The smallest absolute Gasteiger partial charge is 0.448 e. The molecule has 1 rings (SSSR count). The van der Waals surface area contributed by atoms with Crippen LogP contribution < -0.4 is 5.56 Å². The Bertz CT molecular complexity index is 357. The molecule has 2 nitrogen and oxygen atoms in total. The fraction of sp³-hybridized carbons (Fsp3) is 0.286. The molecule has 13 heavy (non-hydrogen) atoms. The van der Waals surface area contributed by atoms with Gasteiger partial charge in [0.15, 0.2) is 0 Å². The second-order valence-electron chi connectivity index (χ2n) is 2.83. The van der Waals surface area contributed by atoms with Crippen molar-refractivity contribution in [3.8, 4) is 0 Å². The van der Waals surface area contributed by atoms with Gasteiger partial charge >= 0.3 is 6.98 Å². The van der Waals surface area contributed by atoms with E-state index >= 15 is 0 Å². The van der Waals surface area contributed by atoms with Crippen molar-refractivity contribution in [3.05, 3.63) is 34.2 Å². The monoisotopic (exact) mass is 190 g/mol. The van der Waals surface area contributed by atoms with E-state index in [-0.39, 0.29) is 0 Å². The molecule has 0 radical (unpaired) electrons. The highest BCUT2D eigenvalue weighted by atomic mass is 19.4. The minimum absolute atomic E-state index is 0.326. The maximum absolute atomic E-state index is 12.0. The number of rotatable bonds is 2. The minimum atomic E-state index is -4.96. The highest BCUT2D eigenvalue weighted by Gasteiger charge is 2.24. The molecule has 0 amide bonds. The summed E-state index contributed by atoms with van der Waals surface area (Å²) >= 11 is 0. The summed E-state index contributed by atoms with van der Waals surface area (Å²) in [5.74, 6) is 0. The molecule has 0 aliphatic heterocycles. The van der Waals surface area contributed by atoms with Crippen LogP contribution >= 0.6 is 0 Å². The summed E-state index contributed by atoms with van der Waals surface area (Å²) in [6, 6.07) is 4.04. The van der Waals surface area contributed by atoms with Gasteiger partial charge in [-0.3, -0.25) is 4.79 Å². The average Bonchev–Trinajstić information content (AvgIpc) is 1.95. The SMILES string of the molecule is Cc1cccc(=O)n1C[B-](F)(F)F. The van der Waals surface area contributed by atoms with Crippen LogP contribution in [0.4, 0.5) is 12.9 Å². The number of aryl methyl sites for hydroxylation is 1. The normalized spacial score (nSPS) is 11.7. The fourth-order valence-electron chi connectivity index (χ4n) is 1.06. The highest BCUT2D eigenvalue weighted by Crippen LogP contribution is 2.11. The van der Waals surface area contributed by atoms with Crippen molar-refractivity contribution in [1.29, 1.82) is 0 Å². The number of halogens is 3. The third kappa shape index (κ3) is 2.64. The standard InChI is InChI=1S/C7H8BF3NO/c1-6-3-2-4-7(13)12(6)5-8(9,10)11/h2-4H,5H2,1H3/q-1. The lowest BCUT2D eigenvalue weighted by atomic mass is 9.92. The number of hydrogen-bond acceptors (Lipinski definition) is 1. The van der Waals surface area contributed by atoms with E-state index in [1.165, 1.54) is 19.1 Å². The van der Waals surface area contributed by atoms with Crippen LogP contribution in [0.2, 0.25) is 0 Å². The molecule has 0 aliphatic carbocycles. The van der Waals surface area contributed by atoms with Crippen molar-refractivity contribution >= 4 is 6.98 Å². The van der Waals surface area contributed by atoms with E-state index in [1.807, 2.05) is 0 Å². The third-order valence-corrected chi connectivity index (χ3v) is 1.66. The molecular formula is C7H8BF3NO-. The zero-order valence-electron chi connectivity index (χ0n) is 7.01. The Morgan fingerprint density at radius 3 is 2.46 bits per heavy atom. The van der Waals surface area contributed by atoms with Gasteiger partial charge in [0.2, 0.25) is 5.56 Å². The molecule has 0 unspecified atom stereocenters. The van der Waals surface area contributed by atoms with Crippen LogP contribution in [0.25, 0.3) is 0 Å². The van der Waals surface area contributed by atoms with Gasteiger partial charge in [0, 0.05) is 11.8 Å². The summed E-state index contributed by atoms with van der Waals surface area (Å²) in [6.07, 6.45) is -1.16. The molecule has 0 saturated heterocycles. The molecule has 0 fully saturated rings. The molecule has 0 aromatic carbocycles. The topological polar surface area (TPSA) is 22.0 Å². The molecule has 0 aliphatic rings. The Hall–Kier alpha value is -1.20. The third-order valence-electron chi connectivity index (χ3n) is 1.66. The van der Waals surface area contributed by atoms with Crippen LogP contribution in [0.3, 0.4) is 0 Å².